The summed E-state index contributed by atoms with van der Waals surface area (Å²) < 4.78 is 0. The van der Waals surface area contributed by atoms with Crippen LogP contribution in [-0.2, 0) is 4.79 Å². The molecule has 1 N–H and O–H groups in total. The topological polar surface area (TPSA) is 57.6 Å². The summed E-state index contributed by atoms with van der Waals surface area (Å²) in [6.07, 6.45) is 1.70. The van der Waals surface area contributed by atoms with Gasteiger partial charge in [0.15, 0.2) is 0 Å². The third kappa shape index (κ3) is 3.02. The number of aryl methyl sites for hydroxylation is 1. The van der Waals surface area contributed by atoms with Crippen molar-refractivity contribution in [3.63, 3.8) is 0 Å². The van der Waals surface area contributed by atoms with Gasteiger partial charge in [0, 0.05) is 11.1 Å². The van der Waals surface area contributed by atoms with Crippen molar-refractivity contribution in [2.75, 3.05) is 4.90 Å². The third-order valence-corrected chi connectivity index (χ3v) is 4.56. The van der Waals surface area contributed by atoms with Gasteiger partial charge in [-0.05, 0) is 54.5 Å². The highest BCUT2D eigenvalue weighted by Gasteiger charge is 2.35. The van der Waals surface area contributed by atoms with Crippen LogP contribution < -0.4 is 4.90 Å². The Bertz CT molecular complexity index is 1080. The van der Waals surface area contributed by atoms with Gasteiger partial charge in [0.25, 0.3) is 11.8 Å². The Morgan fingerprint density at radius 2 is 1.52 bits per heavy atom. The fourth-order valence-electron chi connectivity index (χ4n) is 3.20. The molecule has 0 unspecified atom stereocenters. The maximum absolute atomic E-state index is 13.2. The van der Waals surface area contributed by atoms with E-state index in [1.54, 1.807) is 66.7 Å². The van der Waals surface area contributed by atoms with Crippen molar-refractivity contribution in [2.45, 2.75) is 6.92 Å². The van der Waals surface area contributed by atoms with Crippen molar-refractivity contribution >= 4 is 29.2 Å². The quantitative estimate of drug-likeness (QED) is 0.546. The molecule has 0 atom stereocenters. The smallest absolute Gasteiger partial charge is 0.265 e. The first-order chi connectivity index (χ1) is 13.0. The van der Waals surface area contributed by atoms with E-state index >= 15 is 0 Å². The van der Waals surface area contributed by atoms with E-state index in [0.29, 0.717) is 28.0 Å². The Labute approximate surface area is 157 Å². The summed E-state index contributed by atoms with van der Waals surface area (Å²) in [5.41, 5.74) is 3.75. The molecule has 3 aromatic rings. The standard InChI is InChI=1S/C23H17NO3/c1-15-9-11-17(12-10-15)24-22(26)20-8-3-2-7-19(20)21(23(24)27)14-16-5-4-6-18(25)13-16/h2-14,25H,1H3/b21-14-. The Morgan fingerprint density at radius 3 is 2.22 bits per heavy atom. The molecule has 1 heterocycles. The van der Waals surface area contributed by atoms with Gasteiger partial charge in [-0.15, -0.1) is 0 Å². The van der Waals surface area contributed by atoms with Crippen LogP contribution in [0.15, 0.2) is 72.8 Å². The molecule has 4 heteroatoms. The monoisotopic (exact) mass is 355 g/mol. The zero-order chi connectivity index (χ0) is 19.0. The number of nitrogens with zero attached hydrogens (tertiary/aromatic N) is 1. The number of hydrogen-bond acceptors (Lipinski definition) is 3. The number of aromatic hydroxyl groups is 1. The van der Waals surface area contributed by atoms with Gasteiger partial charge in [0.1, 0.15) is 5.75 Å². The fourth-order valence-corrected chi connectivity index (χ4v) is 3.20. The zero-order valence-corrected chi connectivity index (χ0v) is 14.7. The minimum absolute atomic E-state index is 0.118. The molecular formula is C23H17NO3. The minimum atomic E-state index is -0.383. The number of carbonyl (C=O) groups is 2. The number of imide groups is 1. The molecule has 0 fully saturated rings. The van der Waals surface area contributed by atoms with E-state index < -0.39 is 0 Å². The van der Waals surface area contributed by atoms with Gasteiger partial charge < -0.3 is 5.11 Å². The minimum Gasteiger partial charge on any atom is -0.508 e. The Balaban J connectivity index is 1.90. The second-order valence-electron chi connectivity index (χ2n) is 6.48. The normalized spacial score (nSPS) is 15.1. The van der Waals surface area contributed by atoms with Crippen LogP contribution in [0.25, 0.3) is 11.6 Å². The van der Waals surface area contributed by atoms with E-state index in [4.69, 9.17) is 0 Å². The van der Waals surface area contributed by atoms with E-state index in [9.17, 15) is 14.7 Å². The van der Waals surface area contributed by atoms with E-state index in [1.165, 1.54) is 4.90 Å². The molecule has 1 aliphatic heterocycles. The van der Waals surface area contributed by atoms with Gasteiger partial charge in [0.05, 0.1) is 5.69 Å². The average molecular weight is 355 g/mol. The lowest BCUT2D eigenvalue weighted by Crippen LogP contribution is -2.41. The van der Waals surface area contributed by atoms with Crippen LogP contribution in [0, 0.1) is 6.92 Å². The van der Waals surface area contributed by atoms with Crippen LogP contribution >= 0.6 is 0 Å². The lowest BCUT2D eigenvalue weighted by molar-refractivity contribution is -0.112. The summed E-state index contributed by atoms with van der Waals surface area (Å²) in [6, 6.07) is 21.0. The molecule has 4 rings (SSSR count). The van der Waals surface area contributed by atoms with Gasteiger partial charge in [0.2, 0.25) is 0 Å². The van der Waals surface area contributed by atoms with Crippen LogP contribution in [0.1, 0.15) is 27.0 Å². The second kappa shape index (κ2) is 6.57. The number of rotatable bonds is 2. The van der Waals surface area contributed by atoms with Crippen LogP contribution in [0.3, 0.4) is 0 Å². The summed E-state index contributed by atoms with van der Waals surface area (Å²) in [7, 11) is 0. The molecule has 3 aromatic carbocycles. The van der Waals surface area contributed by atoms with Crippen LogP contribution in [0.5, 0.6) is 5.75 Å². The predicted molar refractivity (Wildman–Crippen MR) is 105 cm³/mol. The molecule has 27 heavy (non-hydrogen) atoms. The number of fused-ring (bicyclic) bond motifs is 1. The molecule has 4 nitrogen and oxygen atoms in total. The summed E-state index contributed by atoms with van der Waals surface area (Å²) in [6.45, 7) is 1.95. The molecule has 0 radical (unpaired) electrons. The van der Waals surface area contributed by atoms with E-state index in [2.05, 4.69) is 0 Å². The summed E-state index contributed by atoms with van der Waals surface area (Å²) >= 11 is 0. The number of carbonyl (C=O) groups excluding carboxylic acids is 2. The van der Waals surface area contributed by atoms with Crippen molar-refractivity contribution in [2.24, 2.45) is 0 Å². The zero-order valence-electron chi connectivity index (χ0n) is 14.7. The Hall–Kier alpha value is -3.66. The molecule has 132 valence electrons. The molecule has 1 aliphatic rings. The number of hydrogen-bond donors (Lipinski definition) is 1. The highest BCUT2D eigenvalue weighted by molar-refractivity contribution is 6.43. The number of benzene rings is 3. The molecule has 2 amide bonds. The van der Waals surface area contributed by atoms with Crippen molar-refractivity contribution < 1.29 is 14.7 Å². The SMILES string of the molecule is Cc1ccc(N2C(=O)/C(=C\c3cccc(O)c3)c3ccccc3C2=O)cc1. The van der Waals surface area contributed by atoms with Gasteiger partial charge in [-0.1, -0.05) is 48.0 Å². The molecule has 0 aliphatic carbocycles. The van der Waals surface area contributed by atoms with Gasteiger partial charge in [-0.3, -0.25) is 9.59 Å². The van der Waals surface area contributed by atoms with E-state index in [1.807, 2.05) is 19.1 Å². The first-order valence-electron chi connectivity index (χ1n) is 8.60. The van der Waals surface area contributed by atoms with Gasteiger partial charge in [-0.2, -0.15) is 0 Å². The maximum atomic E-state index is 13.2. The predicted octanol–water partition coefficient (Wildman–Crippen LogP) is 4.43. The second-order valence-corrected chi connectivity index (χ2v) is 6.48. The Morgan fingerprint density at radius 1 is 0.815 bits per heavy atom. The molecule has 0 saturated carbocycles. The number of phenolic OH excluding ortho intramolecular Hbond substituents is 1. The molecule has 0 spiro atoms. The van der Waals surface area contributed by atoms with Crippen molar-refractivity contribution in [1.82, 2.24) is 0 Å². The lowest BCUT2D eigenvalue weighted by atomic mass is 9.91. The van der Waals surface area contributed by atoms with Crippen LogP contribution in [-0.4, -0.2) is 16.9 Å². The number of amides is 2. The van der Waals surface area contributed by atoms with E-state index in [-0.39, 0.29) is 17.6 Å². The number of phenols is 1. The lowest BCUT2D eigenvalue weighted by Gasteiger charge is -2.28. The summed E-state index contributed by atoms with van der Waals surface area (Å²) in [5, 5.41) is 9.72. The number of anilines is 1. The largest absolute Gasteiger partial charge is 0.508 e. The van der Waals surface area contributed by atoms with Gasteiger partial charge >= 0.3 is 0 Å². The molecule has 0 saturated heterocycles. The van der Waals surface area contributed by atoms with Crippen LogP contribution in [0.4, 0.5) is 5.69 Å². The maximum Gasteiger partial charge on any atom is 0.265 e. The third-order valence-electron chi connectivity index (χ3n) is 4.56. The highest BCUT2D eigenvalue weighted by atomic mass is 16.3. The van der Waals surface area contributed by atoms with E-state index in [0.717, 1.165) is 5.56 Å². The Kier molecular flexibility index (Phi) is 4.09. The van der Waals surface area contributed by atoms with Crippen molar-refractivity contribution in [1.29, 1.82) is 0 Å². The molecular weight excluding hydrogens is 338 g/mol. The molecule has 0 aromatic heterocycles. The average Bonchev–Trinajstić information content (AvgIpc) is 2.67. The fraction of sp³-hybridized carbons (Fsp3) is 0.0435. The van der Waals surface area contributed by atoms with Crippen molar-refractivity contribution in [3.8, 4) is 5.75 Å². The first kappa shape index (κ1) is 16.8. The molecule has 0 bridgehead atoms. The summed E-state index contributed by atoms with van der Waals surface area (Å²) in [4.78, 5) is 27.5. The van der Waals surface area contributed by atoms with Gasteiger partial charge in [-0.25, -0.2) is 4.90 Å². The van der Waals surface area contributed by atoms with Crippen molar-refractivity contribution in [3.05, 3.63) is 95.1 Å². The van der Waals surface area contributed by atoms with Crippen LogP contribution in [0.2, 0.25) is 0 Å². The highest BCUT2D eigenvalue weighted by Crippen LogP contribution is 2.33. The first-order valence-corrected chi connectivity index (χ1v) is 8.60. The summed E-state index contributed by atoms with van der Waals surface area (Å²) in [5.74, 6) is -0.606.